The molecule has 0 aromatic heterocycles. The molecule has 3 aromatic rings. The number of amides is 1. The molecule has 0 radical (unpaired) electrons. The van der Waals surface area contributed by atoms with Gasteiger partial charge in [0, 0.05) is 17.4 Å². The van der Waals surface area contributed by atoms with Gasteiger partial charge in [0.15, 0.2) is 0 Å². The van der Waals surface area contributed by atoms with Gasteiger partial charge in [-0.15, -0.1) is 0 Å². The minimum Gasteiger partial charge on any atom is -0.383 e. The predicted molar refractivity (Wildman–Crippen MR) is 109 cm³/mol. The Labute approximate surface area is 155 Å². The van der Waals surface area contributed by atoms with Crippen LogP contribution >= 0.6 is 0 Å². The number of carbonyl (C=O) groups excluding carboxylic acids is 1. The summed E-state index contributed by atoms with van der Waals surface area (Å²) in [4.78, 5) is 13.0. The molecule has 0 aliphatic rings. The molecule has 2 N–H and O–H groups in total. The van der Waals surface area contributed by atoms with Gasteiger partial charge >= 0.3 is 0 Å². The van der Waals surface area contributed by atoms with Crippen molar-refractivity contribution < 1.29 is 4.79 Å². The smallest absolute Gasteiger partial charge is 0.236 e. The Hall–Kier alpha value is -3.07. The SMILES string of the molecule is CC(C)Nc1ccc(NC(=O)C(c2ccccc2)c2ccccc2)cc1. The Bertz CT molecular complexity index is 788. The van der Waals surface area contributed by atoms with Crippen LogP contribution in [0.5, 0.6) is 0 Å². The average Bonchev–Trinajstić information content (AvgIpc) is 2.65. The van der Waals surface area contributed by atoms with Gasteiger partial charge < -0.3 is 10.6 Å². The number of carbonyl (C=O) groups is 1. The van der Waals surface area contributed by atoms with E-state index in [0.29, 0.717) is 6.04 Å². The van der Waals surface area contributed by atoms with Crippen LogP contribution in [-0.4, -0.2) is 11.9 Å². The Kier molecular flexibility index (Phi) is 5.69. The maximum Gasteiger partial charge on any atom is 0.236 e. The Morgan fingerprint density at radius 2 is 1.15 bits per heavy atom. The largest absolute Gasteiger partial charge is 0.383 e. The maximum atomic E-state index is 13.0. The van der Waals surface area contributed by atoms with Gasteiger partial charge in [-0.05, 0) is 49.2 Å². The molecule has 0 aliphatic carbocycles. The number of hydrogen-bond donors (Lipinski definition) is 2. The van der Waals surface area contributed by atoms with Crippen molar-refractivity contribution in [1.82, 2.24) is 0 Å². The normalized spacial score (nSPS) is 10.8. The zero-order valence-electron chi connectivity index (χ0n) is 15.1. The molecule has 26 heavy (non-hydrogen) atoms. The van der Waals surface area contributed by atoms with E-state index >= 15 is 0 Å². The fraction of sp³-hybridized carbons (Fsp3) is 0.174. The van der Waals surface area contributed by atoms with Crippen molar-refractivity contribution in [2.75, 3.05) is 10.6 Å². The van der Waals surface area contributed by atoms with Crippen molar-refractivity contribution in [1.29, 1.82) is 0 Å². The molecule has 0 aliphatic heterocycles. The predicted octanol–water partition coefficient (Wildman–Crippen LogP) is 5.28. The van der Waals surface area contributed by atoms with Crippen molar-refractivity contribution in [3.05, 3.63) is 96.1 Å². The van der Waals surface area contributed by atoms with Crippen molar-refractivity contribution >= 4 is 17.3 Å². The molecule has 0 saturated heterocycles. The van der Waals surface area contributed by atoms with Crippen LogP contribution in [0.15, 0.2) is 84.9 Å². The number of benzene rings is 3. The molecule has 3 nitrogen and oxygen atoms in total. The summed E-state index contributed by atoms with van der Waals surface area (Å²) in [6.07, 6.45) is 0. The molecule has 3 heteroatoms. The molecule has 0 saturated carbocycles. The second-order valence-corrected chi connectivity index (χ2v) is 6.62. The highest BCUT2D eigenvalue weighted by atomic mass is 16.1. The van der Waals surface area contributed by atoms with Crippen molar-refractivity contribution in [2.45, 2.75) is 25.8 Å². The first-order chi connectivity index (χ1) is 12.6. The number of anilines is 2. The standard InChI is InChI=1S/C23H24N2O/c1-17(2)24-20-13-15-21(16-14-20)25-23(26)22(18-9-5-3-6-10-18)19-11-7-4-8-12-19/h3-17,22,24H,1-2H3,(H,25,26). The summed E-state index contributed by atoms with van der Waals surface area (Å²) >= 11 is 0. The Morgan fingerprint density at radius 1 is 0.692 bits per heavy atom. The maximum absolute atomic E-state index is 13.0. The zero-order chi connectivity index (χ0) is 18.4. The summed E-state index contributed by atoms with van der Waals surface area (Å²) in [6.45, 7) is 4.19. The number of hydrogen-bond acceptors (Lipinski definition) is 2. The summed E-state index contributed by atoms with van der Waals surface area (Å²) in [6, 6.07) is 27.9. The fourth-order valence-corrected chi connectivity index (χ4v) is 2.98. The first kappa shape index (κ1) is 17.7. The number of rotatable bonds is 6. The van der Waals surface area contributed by atoms with Gasteiger partial charge in [-0.1, -0.05) is 60.7 Å². The molecule has 0 atom stereocenters. The van der Waals surface area contributed by atoms with Gasteiger partial charge in [-0.25, -0.2) is 0 Å². The number of nitrogens with one attached hydrogen (secondary N) is 2. The van der Waals surface area contributed by atoms with E-state index in [-0.39, 0.29) is 11.8 Å². The topological polar surface area (TPSA) is 41.1 Å². The van der Waals surface area contributed by atoms with Crippen molar-refractivity contribution in [2.24, 2.45) is 0 Å². The highest BCUT2D eigenvalue weighted by Gasteiger charge is 2.22. The van der Waals surface area contributed by atoms with Crippen LogP contribution in [0.2, 0.25) is 0 Å². The summed E-state index contributed by atoms with van der Waals surface area (Å²) in [7, 11) is 0. The van der Waals surface area contributed by atoms with E-state index in [2.05, 4.69) is 24.5 Å². The fourth-order valence-electron chi connectivity index (χ4n) is 2.98. The van der Waals surface area contributed by atoms with Crippen LogP contribution in [0.1, 0.15) is 30.9 Å². The summed E-state index contributed by atoms with van der Waals surface area (Å²) in [5, 5.41) is 6.40. The molecular formula is C23H24N2O. The van der Waals surface area contributed by atoms with E-state index in [0.717, 1.165) is 22.5 Å². The van der Waals surface area contributed by atoms with E-state index in [1.165, 1.54) is 0 Å². The third-order valence-electron chi connectivity index (χ3n) is 4.14. The van der Waals surface area contributed by atoms with Gasteiger partial charge in [-0.2, -0.15) is 0 Å². The molecule has 0 fully saturated rings. The third kappa shape index (κ3) is 4.51. The van der Waals surface area contributed by atoms with Crippen LogP contribution in [0.25, 0.3) is 0 Å². The minimum absolute atomic E-state index is 0.0352. The summed E-state index contributed by atoms with van der Waals surface area (Å²) in [5.41, 5.74) is 3.80. The van der Waals surface area contributed by atoms with Gasteiger partial charge in [0.1, 0.15) is 0 Å². The highest BCUT2D eigenvalue weighted by molar-refractivity contribution is 5.98. The van der Waals surface area contributed by atoms with Crippen LogP contribution in [0.3, 0.4) is 0 Å². The molecular weight excluding hydrogens is 320 g/mol. The Balaban J connectivity index is 1.82. The molecule has 0 heterocycles. The highest BCUT2D eigenvalue weighted by Crippen LogP contribution is 2.26. The molecule has 132 valence electrons. The second-order valence-electron chi connectivity index (χ2n) is 6.62. The van der Waals surface area contributed by atoms with E-state index < -0.39 is 0 Å². The van der Waals surface area contributed by atoms with Crippen LogP contribution in [0, 0.1) is 0 Å². The zero-order valence-corrected chi connectivity index (χ0v) is 15.1. The average molecular weight is 344 g/mol. The second kappa shape index (κ2) is 8.34. The molecule has 3 rings (SSSR count). The minimum atomic E-state index is -0.342. The first-order valence-corrected chi connectivity index (χ1v) is 8.91. The third-order valence-corrected chi connectivity index (χ3v) is 4.14. The summed E-state index contributed by atoms with van der Waals surface area (Å²) < 4.78 is 0. The van der Waals surface area contributed by atoms with E-state index in [9.17, 15) is 4.79 Å². The molecule has 0 unspecified atom stereocenters. The van der Waals surface area contributed by atoms with Gasteiger partial charge in [-0.3, -0.25) is 4.79 Å². The lowest BCUT2D eigenvalue weighted by Gasteiger charge is -2.18. The first-order valence-electron chi connectivity index (χ1n) is 8.91. The van der Waals surface area contributed by atoms with Crippen molar-refractivity contribution in [3.63, 3.8) is 0 Å². The van der Waals surface area contributed by atoms with Crippen LogP contribution in [-0.2, 0) is 4.79 Å². The lowest BCUT2D eigenvalue weighted by molar-refractivity contribution is -0.116. The van der Waals surface area contributed by atoms with Gasteiger partial charge in [0.25, 0.3) is 0 Å². The molecule has 1 amide bonds. The molecule has 0 spiro atoms. The van der Waals surface area contributed by atoms with E-state index in [1.807, 2.05) is 84.9 Å². The monoisotopic (exact) mass is 344 g/mol. The van der Waals surface area contributed by atoms with Crippen LogP contribution < -0.4 is 10.6 Å². The quantitative estimate of drug-likeness (QED) is 0.639. The lowest BCUT2D eigenvalue weighted by atomic mass is 9.90. The van der Waals surface area contributed by atoms with Gasteiger partial charge in [0.05, 0.1) is 5.92 Å². The molecule has 0 bridgehead atoms. The molecule has 3 aromatic carbocycles. The van der Waals surface area contributed by atoms with E-state index in [1.54, 1.807) is 0 Å². The van der Waals surface area contributed by atoms with Crippen molar-refractivity contribution in [3.8, 4) is 0 Å². The van der Waals surface area contributed by atoms with Gasteiger partial charge in [0.2, 0.25) is 5.91 Å². The lowest BCUT2D eigenvalue weighted by Crippen LogP contribution is -2.22. The van der Waals surface area contributed by atoms with E-state index in [4.69, 9.17) is 0 Å². The summed E-state index contributed by atoms with van der Waals surface area (Å²) in [5.74, 6) is -0.377. The van der Waals surface area contributed by atoms with Crippen LogP contribution in [0.4, 0.5) is 11.4 Å². The Morgan fingerprint density at radius 3 is 1.62 bits per heavy atom.